The summed E-state index contributed by atoms with van der Waals surface area (Å²) in [6, 6.07) is 0.135. The van der Waals surface area contributed by atoms with Gasteiger partial charge in [-0.25, -0.2) is 0 Å². The summed E-state index contributed by atoms with van der Waals surface area (Å²) in [6.45, 7) is 4.26. The minimum absolute atomic E-state index is 0.122. The van der Waals surface area contributed by atoms with Crippen LogP contribution in [0.25, 0.3) is 0 Å². The molecule has 0 fully saturated rings. The number of thiazole rings is 1. The number of hydrazine groups is 1. The molecule has 4 nitrogen and oxygen atoms in total. The average molecular weight is 229 g/mol. The Kier molecular flexibility index (Phi) is 5.17. The number of rotatable bonds is 6. The summed E-state index contributed by atoms with van der Waals surface area (Å²) in [5, 5.41) is 0. The number of methoxy groups -OCH3 is 1. The summed E-state index contributed by atoms with van der Waals surface area (Å²) in [6.07, 6.45) is 2.86. The van der Waals surface area contributed by atoms with Crippen molar-refractivity contribution in [2.75, 3.05) is 7.11 Å². The van der Waals surface area contributed by atoms with Gasteiger partial charge < -0.3 is 4.74 Å². The number of hydrogen-bond acceptors (Lipinski definition) is 5. The molecule has 1 aromatic rings. The molecule has 1 heterocycles. The zero-order valence-corrected chi connectivity index (χ0v) is 10.3. The van der Waals surface area contributed by atoms with E-state index < -0.39 is 0 Å². The minimum Gasteiger partial charge on any atom is -0.380 e. The van der Waals surface area contributed by atoms with Crippen LogP contribution in [-0.4, -0.2) is 24.2 Å². The Hall–Kier alpha value is -0.490. The molecular formula is C10H19N3OS. The number of nitrogens with zero attached hydrogens (tertiary/aromatic N) is 1. The van der Waals surface area contributed by atoms with Crippen LogP contribution in [0.3, 0.4) is 0 Å². The van der Waals surface area contributed by atoms with Crippen molar-refractivity contribution in [2.45, 2.75) is 32.4 Å². The Morgan fingerprint density at radius 1 is 1.60 bits per heavy atom. The van der Waals surface area contributed by atoms with Gasteiger partial charge in [-0.2, -0.15) is 0 Å². The second-order valence-corrected chi connectivity index (χ2v) is 4.86. The number of aromatic nitrogens is 1. The first-order valence-electron chi connectivity index (χ1n) is 5.05. The molecule has 0 aliphatic heterocycles. The Morgan fingerprint density at radius 2 is 2.33 bits per heavy atom. The lowest BCUT2D eigenvalue weighted by atomic mass is 9.97. The van der Waals surface area contributed by atoms with Crippen LogP contribution < -0.4 is 11.3 Å². The Balaban J connectivity index is 2.61. The van der Waals surface area contributed by atoms with Gasteiger partial charge in [-0.15, -0.1) is 11.3 Å². The molecule has 0 aliphatic carbocycles. The maximum absolute atomic E-state index is 5.56. The van der Waals surface area contributed by atoms with Gasteiger partial charge in [0.2, 0.25) is 0 Å². The van der Waals surface area contributed by atoms with E-state index in [9.17, 15) is 0 Å². The summed E-state index contributed by atoms with van der Waals surface area (Å²) in [7, 11) is 1.72. The van der Waals surface area contributed by atoms with E-state index in [0.717, 1.165) is 6.42 Å². The lowest BCUT2D eigenvalue weighted by molar-refractivity contribution is 0.0334. The van der Waals surface area contributed by atoms with Gasteiger partial charge in [0.05, 0.1) is 17.7 Å². The molecule has 0 saturated heterocycles. The van der Waals surface area contributed by atoms with Crippen molar-refractivity contribution in [3.8, 4) is 0 Å². The average Bonchev–Trinajstić information content (AvgIpc) is 2.69. The van der Waals surface area contributed by atoms with Gasteiger partial charge >= 0.3 is 0 Å². The third kappa shape index (κ3) is 3.53. The molecule has 15 heavy (non-hydrogen) atoms. The van der Waals surface area contributed by atoms with Gasteiger partial charge in [-0.05, 0) is 5.92 Å². The first-order chi connectivity index (χ1) is 7.19. The fourth-order valence-corrected chi connectivity index (χ4v) is 2.39. The molecule has 0 radical (unpaired) electrons. The molecule has 2 unspecified atom stereocenters. The molecule has 5 heteroatoms. The van der Waals surface area contributed by atoms with E-state index in [4.69, 9.17) is 10.6 Å². The zero-order chi connectivity index (χ0) is 11.3. The molecule has 1 rings (SSSR count). The third-order valence-electron chi connectivity index (χ3n) is 2.44. The van der Waals surface area contributed by atoms with Crippen molar-refractivity contribution in [1.82, 2.24) is 10.4 Å². The highest BCUT2D eigenvalue weighted by Gasteiger charge is 2.23. The van der Waals surface area contributed by atoms with Gasteiger partial charge in [-0.3, -0.25) is 16.3 Å². The molecular weight excluding hydrogens is 210 g/mol. The van der Waals surface area contributed by atoms with Crippen LogP contribution in [0.15, 0.2) is 11.7 Å². The third-order valence-corrected chi connectivity index (χ3v) is 3.25. The molecule has 2 atom stereocenters. The van der Waals surface area contributed by atoms with E-state index in [1.165, 1.54) is 4.88 Å². The smallest absolute Gasteiger partial charge is 0.0794 e. The Morgan fingerprint density at radius 3 is 2.73 bits per heavy atom. The van der Waals surface area contributed by atoms with Crippen LogP contribution in [0.1, 0.15) is 18.7 Å². The van der Waals surface area contributed by atoms with Crippen molar-refractivity contribution < 1.29 is 4.74 Å². The second kappa shape index (κ2) is 6.17. The van der Waals surface area contributed by atoms with Crippen molar-refractivity contribution in [3.05, 3.63) is 16.6 Å². The largest absolute Gasteiger partial charge is 0.380 e. The Labute approximate surface area is 94.8 Å². The predicted molar refractivity (Wildman–Crippen MR) is 62.6 cm³/mol. The fraction of sp³-hybridized carbons (Fsp3) is 0.700. The molecule has 0 aromatic carbocycles. The number of nitrogens with two attached hydrogens (primary N) is 1. The van der Waals surface area contributed by atoms with E-state index in [-0.39, 0.29) is 12.1 Å². The highest BCUT2D eigenvalue weighted by atomic mass is 32.1. The topological polar surface area (TPSA) is 60.2 Å². The molecule has 3 N–H and O–H groups in total. The van der Waals surface area contributed by atoms with Gasteiger partial charge in [0.25, 0.3) is 0 Å². The Bertz CT molecular complexity index is 264. The maximum Gasteiger partial charge on any atom is 0.0794 e. The fourth-order valence-electron chi connectivity index (χ4n) is 1.73. The van der Waals surface area contributed by atoms with Crippen LogP contribution >= 0.6 is 11.3 Å². The lowest BCUT2D eigenvalue weighted by Gasteiger charge is -2.28. The zero-order valence-electron chi connectivity index (χ0n) is 9.43. The molecule has 0 saturated carbocycles. The summed E-state index contributed by atoms with van der Waals surface area (Å²) in [4.78, 5) is 5.27. The highest BCUT2D eigenvalue weighted by molar-refractivity contribution is 7.09. The quantitative estimate of drug-likeness (QED) is 0.568. The summed E-state index contributed by atoms with van der Waals surface area (Å²) < 4.78 is 5.46. The predicted octanol–water partition coefficient (Wildman–Crippen LogP) is 1.19. The van der Waals surface area contributed by atoms with Crippen LogP contribution in [0.2, 0.25) is 0 Å². The highest BCUT2D eigenvalue weighted by Crippen LogP contribution is 2.16. The molecule has 1 aromatic heterocycles. The molecule has 0 bridgehead atoms. The van der Waals surface area contributed by atoms with Gasteiger partial charge in [0, 0.05) is 24.6 Å². The van der Waals surface area contributed by atoms with Crippen molar-refractivity contribution in [2.24, 2.45) is 11.8 Å². The van der Waals surface area contributed by atoms with Crippen molar-refractivity contribution >= 4 is 11.3 Å². The van der Waals surface area contributed by atoms with Crippen LogP contribution in [0.5, 0.6) is 0 Å². The summed E-state index contributed by atoms with van der Waals surface area (Å²) >= 11 is 1.64. The summed E-state index contributed by atoms with van der Waals surface area (Å²) in [5.74, 6) is 5.99. The number of hydrogen-bond donors (Lipinski definition) is 2. The van der Waals surface area contributed by atoms with E-state index in [1.807, 2.05) is 11.7 Å². The van der Waals surface area contributed by atoms with E-state index in [0.29, 0.717) is 5.92 Å². The standard InChI is InChI=1S/C10H19N3OS/c1-7(2)10(14-3)9(13-11)4-8-5-12-6-15-8/h5-7,9-10,13H,4,11H2,1-3H3. The summed E-state index contributed by atoms with van der Waals surface area (Å²) in [5.41, 5.74) is 4.66. The maximum atomic E-state index is 5.56. The van der Waals surface area contributed by atoms with Gasteiger partial charge in [0.1, 0.15) is 0 Å². The minimum atomic E-state index is 0.122. The van der Waals surface area contributed by atoms with Gasteiger partial charge in [0.15, 0.2) is 0 Å². The van der Waals surface area contributed by atoms with Crippen LogP contribution in [0, 0.1) is 5.92 Å². The van der Waals surface area contributed by atoms with E-state index in [1.54, 1.807) is 18.4 Å². The van der Waals surface area contributed by atoms with E-state index >= 15 is 0 Å². The molecule has 86 valence electrons. The van der Waals surface area contributed by atoms with Gasteiger partial charge in [-0.1, -0.05) is 13.8 Å². The lowest BCUT2D eigenvalue weighted by Crippen LogP contribution is -2.48. The SMILES string of the molecule is COC(C(C)C)C(Cc1cncs1)NN. The second-order valence-electron chi connectivity index (χ2n) is 3.89. The van der Waals surface area contributed by atoms with Crippen molar-refractivity contribution in [3.63, 3.8) is 0 Å². The van der Waals surface area contributed by atoms with Crippen molar-refractivity contribution in [1.29, 1.82) is 0 Å². The van der Waals surface area contributed by atoms with Crippen LogP contribution in [-0.2, 0) is 11.2 Å². The first kappa shape index (κ1) is 12.6. The first-order valence-corrected chi connectivity index (χ1v) is 5.93. The van der Waals surface area contributed by atoms with Crippen LogP contribution in [0.4, 0.5) is 0 Å². The molecule has 0 spiro atoms. The molecule has 0 amide bonds. The number of ether oxygens (including phenoxy) is 1. The van der Waals surface area contributed by atoms with E-state index in [2.05, 4.69) is 24.3 Å². The monoisotopic (exact) mass is 229 g/mol. The number of nitrogens with one attached hydrogen (secondary N) is 1. The molecule has 0 aliphatic rings. The normalized spacial score (nSPS) is 15.5.